The molecule has 1 heterocycles. The number of esters is 1. The summed E-state index contributed by atoms with van der Waals surface area (Å²) < 4.78 is 18.0. The third-order valence-electron chi connectivity index (χ3n) is 17.6. The van der Waals surface area contributed by atoms with E-state index in [4.69, 9.17) is 14.2 Å². The second-order valence-electron chi connectivity index (χ2n) is 20.8. The molecule has 60 heavy (non-hydrogen) atoms. The first-order chi connectivity index (χ1) is 28.5. The molecule has 5 fully saturated rings. The first kappa shape index (κ1) is 42.7. The molecule has 10 heteroatoms. The number of ketones is 1. The van der Waals surface area contributed by atoms with Crippen LogP contribution in [0.5, 0.6) is 0 Å². The summed E-state index contributed by atoms with van der Waals surface area (Å²) in [6.07, 6.45) is 6.41. The highest BCUT2D eigenvalue weighted by atomic mass is 16.6. The number of rotatable bonds is 9. The van der Waals surface area contributed by atoms with Crippen molar-refractivity contribution in [1.29, 1.82) is 0 Å². The smallest absolute Gasteiger partial charge is 0.407 e. The van der Waals surface area contributed by atoms with E-state index in [2.05, 4.69) is 44.8 Å². The largest absolute Gasteiger partial charge is 0.481 e. The quantitative estimate of drug-likeness (QED) is 0.238. The van der Waals surface area contributed by atoms with Crippen molar-refractivity contribution in [3.05, 3.63) is 83.4 Å². The summed E-state index contributed by atoms with van der Waals surface area (Å²) in [7, 11) is 0. The monoisotopic (exact) mass is 822 g/mol. The molecule has 2 aromatic carbocycles. The predicted molar refractivity (Wildman–Crippen MR) is 228 cm³/mol. The van der Waals surface area contributed by atoms with Crippen molar-refractivity contribution < 1.29 is 38.5 Å². The van der Waals surface area contributed by atoms with E-state index in [1.54, 1.807) is 6.92 Å². The minimum atomic E-state index is -1.37. The molecule has 0 aromatic heterocycles. The van der Waals surface area contributed by atoms with Gasteiger partial charge in [0.1, 0.15) is 11.5 Å². The summed E-state index contributed by atoms with van der Waals surface area (Å²) in [5, 5.41) is 13.9. The van der Waals surface area contributed by atoms with Gasteiger partial charge in [-0.05, 0) is 122 Å². The SMILES string of the molecule is C[C@]1(C(=O)OC(c2ccccc2)c2ccccc2)CC[C@]2(C)CC[C@]3(C)C(=CC(=O)[C@@H]4[C@@]5(C)CC[C@H](OC(=O)NCCN6CCOCC6)[C@@](C)(C(=O)O)[C@@H]5CC[C@]43C)[C@@H]2C1. The fraction of sp³-hybridized carbons (Fsp3) is 0.640. The molecule has 2 N–H and O–H groups in total. The molecule has 5 aliphatic carbocycles. The van der Waals surface area contributed by atoms with Crippen LogP contribution in [-0.2, 0) is 28.6 Å². The summed E-state index contributed by atoms with van der Waals surface area (Å²) in [6.45, 7) is 17.0. The molecule has 1 amide bonds. The van der Waals surface area contributed by atoms with E-state index in [0.717, 1.165) is 49.9 Å². The van der Waals surface area contributed by atoms with Gasteiger partial charge < -0.3 is 24.6 Å². The van der Waals surface area contributed by atoms with Gasteiger partial charge in [0, 0.05) is 32.1 Å². The molecule has 1 saturated heterocycles. The van der Waals surface area contributed by atoms with Crippen LogP contribution in [0.25, 0.3) is 0 Å². The number of ether oxygens (including phenoxy) is 3. The van der Waals surface area contributed by atoms with Crippen molar-refractivity contribution in [3.8, 4) is 0 Å². The van der Waals surface area contributed by atoms with E-state index in [-0.39, 0.29) is 40.3 Å². The van der Waals surface area contributed by atoms with E-state index < -0.39 is 45.9 Å². The average Bonchev–Trinajstić information content (AvgIpc) is 3.23. The molecule has 324 valence electrons. The molecule has 10 atom stereocenters. The Morgan fingerprint density at radius 1 is 0.850 bits per heavy atom. The van der Waals surface area contributed by atoms with Crippen LogP contribution in [0.4, 0.5) is 4.79 Å². The van der Waals surface area contributed by atoms with Gasteiger partial charge in [0.25, 0.3) is 0 Å². The molecule has 2 aromatic rings. The van der Waals surface area contributed by atoms with Crippen LogP contribution in [-0.4, -0.2) is 79.3 Å². The number of carbonyl (C=O) groups excluding carboxylic acids is 3. The van der Waals surface area contributed by atoms with E-state index in [0.29, 0.717) is 58.4 Å². The Hall–Kier alpha value is -4.02. The van der Waals surface area contributed by atoms with Crippen molar-refractivity contribution in [2.45, 2.75) is 112 Å². The van der Waals surface area contributed by atoms with Crippen LogP contribution in [0, 0.1) is 50.2 Å². The number of fused-ring (bicyclic) bond motifs is 7. The van der Waals surface area contributed by atoms with Crippen molar-refractivity contribution >= 4 is 23.8 Å². The molecule has 0 radical (unpaired) electrons. The number of amides is 1. The lowest BCUT2D eigenvalue weighted by molar-refractivity contribution is -0.214. The number of hydrogen-bond acceptors (Lipinski definition) is 8. The fourth-order valence-electron chi connectivity index (χ4n) is 13.6. The number of morpholine rings is 1. The number of nitrogens with one attached hydrogen (secondary N) is 1. The summed E-state index contributed by atoms with van der Waals surface area (Å²) in [5.41, 5.74) is -0.509. The molecule has 6 aliphatic rings. The maximum absolute atomic E-state index is 15.1. The summed E-state index contributed by atoms with van der Waals surface area (Å²) >= 11 is 0. The van der Waals surface area contributed by atoms with E-state index >= 15 is 4.79 Å². The Bertz CT molecular complexity index is 1960. The molecule has 8 rings (SSSR count). The van der Waals surface area contributed by atoms with Gasteiger partial charge >= 0.3 is 18.0 Å². The van der Waals surface area contributed by atoms with Crippen LogP contribution < -0.4 is 5.32 Å². The number of carboxylic acid groups (broad SMARTS) is 1. The summed E-state index contributed by atoms with van der Waals surface area (Å²) in [6, 6.07) is 19.8. The molecule has 10 nitrogen and oxygen atoms in total. The van der Waals surface area contributed by atoms with Gasteiger partial charge in [-0.2, -0.15) is 0 Å². The second-order valence-corrected chi connectivity index (χ2v) is 20.8. The molecule has 1 aliphatic heterocycles. The van der Waals surface area contributed by atoms with Crippen LogP contribution in [0.3, 0.4) is 0 Å². The third-order valence-corrected chi connectivity index (χ3v) is 17.6. The Morgan fingerprint density at radius 2 is 1.48 bits per heavy atom. The Labute approximate surface area is 356 Å². The van der Waals surface area contributed by atoms with E-state index in [1.165, 1.54) is 5.57 Å². The van der Waals surface area contributed by atoms with Gasteiger partial charge in [-0.3, -0.25) is 19.3 Å². The lowest BCUT2D eigenvalue weighted by Gasteiger charge is -2.70. The van der Waals surface area contributed by atoms with Gasteiger partial charge in [0.15, 0.2) is 11.9 Å². The number of allylic oxidation sites excluding steroid dienone is 2. The molecular weight excluding hydrogens is 757 g/mol. The topological polar surface area (TPSA) is 131 Å². The van der Waals surface area contributed by atoms with Gasteiger partial charge in [-0.25, -0.2) is 4.79 Å². The number of nitrogens with zero attached hydrogens (tertiary/aromatic N) is 1. The standard InChI is InChI=1S/C50H66N2O8/c1-45-21-22-46(2,43(56)60-40(33-13-9-7-10-14-33)34-15-11-8-12-16-34)32-36(45)35-31-37(53)41-47(3)19-18-39(59-44(57)51-25-26-52-27-29-58-30-28-52)50(6,42(54)55)38(47)17-20-49(41,5)48(35,4)24-23-45/h7-16,31,36,38-41H,17-30,32H2,1-6H3,(H,51,57)(H,54,55)/t36-,38+,39-,41+,45+,46-,47-,48+,49+,50-/m0/s1. The number of aliphatic carboxylic acids is 1. The zero-order valence-corrected chi connectivity index (χ0v) is 36.6. The lowest BCUT2D eigenvalue weighted by atomic mass is 9.33. The number of benzene rings is 2. The van der Waals surface area contributed by atoms with Gasteiger partial charge in [-0.15, -0.1) is 0 Å². The molecular formula is C50H66N2O8. The Balaban J connectivity index is 1.04. The molecule has 0 spiro atoms. The van der Waals surface area contributed by atoms with Crippen molar-refractivity contribution in [1.82, 2.24) is 10.2 Å². The van der Waals surface area contributed by atoms with Crippen LogP contribution in [0.1, 0.15) is 117 Å². The molecule has 0 bridgehead atoms. The normalized spacial score (nSPS) is 38.9. The molecule has 0 unspecified atom stereocenters. The summed E-state index contributed by atoms with van der Waals surface area (Å²) in [5.74, 6) is -1.84. The van der Waals surface area contributed by atoms with E-state index in [1.807, 2.05) is 66.7 Å². The zero-order chi connectivity index (χ0) is 42.7. The van der Waals surface area contributed by atoms with Crippen LogP contribution >= 0.6 is 0 Å². The zero-order valence-electron chi connectivity index (χ0n) is 36.6. The first-order valence-electron chi connectivity index (χ1n) is 22.5. The Morgan fingerprint density at radius 3 is 2.12 bits per heavy atom. The average molecular weight is 823 g/mol. The molecule has 4 saturated carbocycles. The lowest BCUT2D eigenvalue weighted by Crippen LogP contribution is -2.68. The van der Waals surface area contributed by atoms with Gasteiger partial charge in [0.2, 0.25) is 0 Å². The van der Waals surface area contributed by atoms with Gasteiger partial charge in [-0.1, -0.05) is 93.9 Å². The van der Waals surface area contributed by atoms with Crippen molar-refractivity contribution in [3.63, 3.8) is 0 Å². The van der Waals surface area contributed by atoms with Crippen molar-refractivity contribution in [2.75, 3.05) is 39.4 Å². The number of hydrogen-bond donors (Lipinski definition) is 2. The third kappa shape index (κ3) is 6.92. The van der Waals surface area contributed by atoms with Gasteiger partial charge in [0.05, 0.1) is 18.6 Å². The van der Waals surface area contributed by atoms with E-state index in [9.17, 15) is 19.5 Å². The Kier molecular flexibility index (Phi) is 11.2. The maximum Gasteiger partial charge on any atom is 0.407 e. The maximum atomic E-state index is 15.1. The number of carbonyl (C=O) groups is 4. The highest BCUT2D eigenvalue weighted by molar-refractivity contribution is 5.96. The number of carboxylic acids is 1. The number of alkyl carbamates (subject to hydrolysis) is 1. The minimum absolute atomic E-state index is 0.0249. The fourth-order valence-corrected chi connectivity index (χ4v) is 13.6. The first-order valence-corrected chi connectivity index (χ1v) is 22.5. The summed E-state index contributed by atoms with van der Waals surface area (Å²) in [4.78, 5) is 58.5. The highest BCUT2D eigenvalue weighted by Crippen LogP contribution is 2.75. The minimum Gasteiger partial charge on any atom is -0.481 e. The van der Waals surface area contributed by atoms with Crippen LogP contribution in [0.2, 0.25) is 0 Å². The second kappa shape index (κ2) is 15.7. The van der Waals surface area contributed by atoms with Crippen molar-refractivity contribution in [2.24, 2.45) is 50.2 Å². The van der Waals surface area contributed by atoms with Crippen LogP contribution in [0.15, 0.2) is 72.3 Å². The highest BCUT2D eigenvalue weighted by Gasteiger charge is 2.72. The predicted octanol–water partition coefficient (Wildman–Crippen LogP) is 8.79.